The Bertz CT molecular complexity index is 406. The predicted molar refractivity (Wildman–Crippen MR) is 82.5 cm³/mol. The Morgan fingerprint density at radius 2 is 1.84 bits per heavy atom. The molecule has 0 aliphatic heterocycles. The minimum atomic E-state index is 0.0282. The van der Waals surface area contributed by atoms with Gasteiger partial charge >= 0.3 is 0 Å². The Kier molecular flexibility index (Phi) is 5.57. The Hall–Kier alpha value is -0.860. The summed E-state index contributed by atoms with van der Waals surface area (Å²) >= 11 is 0. The van der Waals surface area contributed by atoms with Crippen LogP contribution in [0.2, 0.25) is 0 Å². The van der Waals surface area contributed by atoms with E-state index in [4.69, 9.17) is 10.5 Å². The second kappa shape index (κ2) is 6.53. The highest BCUT2D eigenvalue weighted by Crippen LogP contribution is 2.26. The van der Waals surface area contributed by atoms with E-state index < -0.39 is 0 Å². The van der Waals surface area contributed by atoms with Crippen LogP contribution in [0, 0.1) is 19.3 Å². The van der Waals surface area contributed by atoms with Crippen LogP contribution in [0.3, 0.4) is 0 Å². The molecular formula is C17H29NO. The van der Waals surface area contributed by atoms with E-state index in [1.165, 1.54) is 16.7 Å². The van der Waals surface area contributed by atoms with E-state index in [1.807, 2.05) is 6.92 Å². The molecule has 0 amide bonds. The number of hydrogen-bond donors (Lipinski definition) is 1. The summed E-state index contributed by atoms with van der Waals surface area (Å²) in [7, 11) is 0. The molecule has 2 unspecified atom stereocenters. The number of nitrogens with two attached hydrogens (primary N) is 1. The van der Waals surface area contributed by atoms with Crippen molar-refractivity contribution in [3.63, 3.8) is 0 Å². The Morgan fingerprint density at radius 3 is 2.37 bits per heavy atom. The molecule has 0 aliphatic carbocycles. The molecule has 1 aromatic carbocycles. The molecule has 0 aromatic heterocycles. The molecule has 0 aliphatic rings. The van der Waals surface area contributed by atoms with Gasteiger partial charge in [0.25, 0.3) is 0 Å². The molecule has 1 aromatic rings. The molecule has 0 saturated carbocycles. The van der Waals surface area contributed by atoms with Gasteiger partial charge in [0.05, 0.1) is 6.10 Å². The molecule has 0 radical (unpaired) electrons. The maximum atomic E-state index is 6.42. The monoisotopic (exact) mass is 263 g/mol. The molecule has 0 saturated heterocycles. The van der Waals surface area contributed by atoms with Crippen LogP contribution >= 0.6 is 0 Å². The van der Waals surface area contributed by atoms with Gasteiger partial charge in [-0.3, -0.25) is 0 Å². The van der Waals surface area contributed by atoms with Crippen molar-refractivity contribution in [2.75, 3.05) is 6.61 Å². The first-order valence-corrected chi connectivity index (χ1v) is 7.19. The third kappa shape index (κ3) is 4.63. The molecule has 108 valence electrons. The van der Waals surface area contributed by atoms with Crippen LogP contribution in [0.4, 0.5) is 0 Å². The van der Waals surface area contributed by atoms with Gasteiger partial charge in [-0.05, 0) is 43.7 Å². The maximum Gasteiger partial charge on any atom is 0.0777 e. The van der Waals surface area contributed by atoms with Gasteiger partial charge in [0.2, 0.25) is 0 Å². The number of ether oxygens (including phenoxy) is 1. The largest absolute Gasteiger partial charge is 0.376 e. The van der Waals surface area contributed by atoms with Crippen LogP contribution in [0.15, 0.2) is 18.2 Å². The van der Waals surface area contributed by atoms with Gasteiger partial charge in [0, 0.05) is 12.6 Å². The van der Waals surface area contributed by atoms with Gasteiger partial charge in [-0.25, -0.2) is 0 Å². The summed E-state index contributed by atoms with van der Waals surface area (Å²) in [4.78, 5) is 0. The zero-order valence-corrected chi connectivity index (χ0v) is 13.3. The lowest BCUT2D eigenvalue weighted by atomic mass is 9.82. The average Bonchev–Trinajstić information content (AvgIpc) is 2.29. The molecule has 2 N–H and O–H groups in total. The molecular weight excluding hydrogens is 234 g/mol. The fraction of sp³-hybridized carbons (Fsp3) is 0.647. The molecule has 0 fully saturated rings. The van der Waals surface area contributed by atoms with Crippen LogP contribution < -0.4 is 5.73 Å². The van der Waals surface area contributed by atoms with E-state index in [1.54, 1.807) is 0 Å². The lowest BCUT2D eigenvalue weighted by Gasteiger charge is -2.35. The van der Waals surface area contributed by atoms with Crippen molar-refractivity contribution < 1.29 is 4.74 Å². The third-order valence-electron chi connectivity index (χ3n) is 3.55. The molecule has 2 nitrogen and oxygen atoms in total. The average molecular weight is 263 g/mol. The highest BCUT2D eigenvalue weighted by molar-refractivity contribution is 5.31. The zero-order valence-electron chi connectivity index (χ0n) is 13.3. The molecule has 0 bridgehead atoms. The molecule has 2 heteroatoms. The highest BCUT2D eigenvalue weighted by Gasteiger charge is 2.31. The van der Waals surface area contributed by atoms with Crippen molar-refractivity contribution in [3.05, 3.63) is 34.9 Å². The van der Waals surface area contributed by atoms with Crippen LogP contribution in [0.5, 0.6) is 0 Å². The van der Waals surface area contributed by atoms with Crippen molar-refractivity contribution in [1.82, 2.24) is 0 Å². The van der Waals surface area contributed by atoms with Crippen molar-refractivity contribution in [1.29, 1.82) is 0 Å². The normalized spacial score (nSPS) is 15.3. The lowest BCUT2D eigenvalue weighted by Crippen LogP contribution is -2.46. The van der Waals surface area contributed by atoms with Crippen molar-refractivity contribution >= 4 is 0 Å². The summed E-state index contributed by atoms with van der Waals surface area (Å²) in [6, 6.07) is 6.58. The van der Waals surface area contributed by atoms with Gasteiger partial charge in [0.1, 0.15) is 0 Å². The van der Waals surface area contributed by atoms with Crippen molar-refractivity contribution in [2.24, 2.45) is 11.1 Å². The van der Waals surface area contributed by atoms with Gasteiger partial charge in [-0.2, -0.15) is 0 Å². The van der Waals surface area contributed by atoms with Crippen molar-refractivity contribution in [2.45, 2.75) is 60.1 Å². The predicted octanol–water partition coefficient (Wildman–Crippen LogP) is 3.62. The zero-order chi connectivity index (χ0) is 14.6. The first-order chi connectivity index (χ1) is 8.75. The maximum absolute atomic E-state index is 6.42. The summed E-state index contributed by atoms with van der Waals surface area (Å²) in [5.74, 6) is 0. The SMILES string of the molecule is CCOC(C(N)Cc1cc(C)ccc1C)C(C)(C)C. The van der Waals surface area contributed by atoms with E-state index in [0.29, 0.717) is 6.61 Å². The minimum Gasteiger partial charge on any atom is -0.376 e. The third-order valence-corrected chi connectivity index (χ3v) is 3.55. The Morgan fingerprint density at radius 1 is 1.21 bits per heavy atom. The first kappa shape index (κ1) is 16.2. The minimum absolute atomic E-state index is 0.0282. The summed E-state index contributed by atoms with van der Waals surface area (Å²) in [5.41, 5.74) is 10.4. The summed E-state index contributed by atoms with van der Waals surface area (Å²) in [5, 5.41) is 0. The highest BCUT2D eigenvalue weighted by atomic mass is 16.5. The fourth-order valence-corrected chi connectivity index (χ4v) is 2.58. The molecule has 2 atom stereocenters. The summed E-state index contributed by atoms with van der Waals surface area (Å²) < 4.78 is 5.89. The van der Waals surface area contributed by atoms with Crippen LogP contribution in [-0.4, -0.2) is 18.8 Å². The number of rotatable bonds is 5. The summed E-state index contributed by atoms with van der Waals surface area (Å²) in [6.07, 6.45) is 0.951. The van der Waals surface area contributed by atoms with E-state index >= 15 is 0 Å². The molecule has 1 rings (SSSR count). The Labute approximate surface area is 118 Å². The van der Waals surface area contributed by atoms with E-state index in [-0.39, 0.29) is 17.6 Å². The standard InChI is InChI=1S/C17H29NO/c1-7-19-16(17(4,5)6)15(18)11-14-10-12(2)8-9-13(14)3/h8-10,15-16H,7,11,18H2,1-6H3. The van der Waals surface area contributed by atoms with E-state index in [2.05, 4.69) is 52.8 Å². The van der Waals surface area contributed by atoms with Crippen LogP contribution in [0.25, 0.3) is 0 Å². The lowest BCUT2D eigenvalue weighted by molar-refractivity contribution is -0.0274. The van der Waals surface area contributed by atoms with Gasteiger partial charge in [0.15, 0.2) is 0 Å². The fourth-order valence-electron chi connectivity index (χ4n) is 2.58. The second-order valence-corrected chi connectivity index (χ2v) is 6.54. The topological polar surface area (TPSA) is 35.2 Å². The number of hydrogen-bond acceptors (Lipinski definition) is 2. The molecule has 0 spiro atoms. The summed E-state index contributed by atoms with van der Waals surface area (Å²) in [6.45, 7) is 13.6. The molecule has 0 heterocycles. The second-order valence-electron chi connectivity index (χ2n) is 6.54. The number of benzene rings is 1. The first-order valence-electron chi connectivity index (χ1n) is 7.19. The quantitative estimate of drug-likeness (QED) is 0.880. The van der Waals surface area contributed by atoms with Crippen LogP contribution in [0.1, 0.15) is 44.4 Å². The van der Waals surface area contributed by atoms with Gasteiger partial charge in [-0.15, -0.1) is 0 Å². The van der Waals surface area contributed by atoms with Gasteiger partial charge < -0.3 is 10.5 Å². The Balaban J connectivity index is 2.87. The molecule has 19 heavy (non-hydrogen) atoms. The van der Waals surface area contributed by atoms with E-state index in [9.17, 15) is 0 Å². The van der Waals surface area contributed by atoms with Gasteiger partial charge in [-0.1, -0.05) is 44.5 Å². The van der Waals surface area contributed by atoms with E-state index in [0.717, 1.165) is 6.42 Å². The van der Waals surface area contributed by atoms with Crippen molar-refractivity contribution in [3.8, 4) is 0 Å². The number of aryl methyl sites for hydroxylation is 2. The van der Waals surface area contributed by atoms with Crippen LogP contribution in [-0.2, 0) is 11.2 Å². The smallest absolute Gasteiger partial charge is 0.0777 e.